The van der Waals surface area contributed by atoms with Crippen LogP contribution in [0.15, 0.2) is 18.2 Å². The summed E-state index contributed by atoms with van der Waals surface area (Å²) in [6, 6.07) is 5.33. The summed E-state index contributed by atoms with van der Waals surface area (Å²) in [7, 11) is 3.46. The summed E-state index contributed by atoms with van der Waals surface area (Å²) in [4.78, 5) is 0. The highest BCUT2D eigenvalue weighted by Crippen LogP contribution is 2.62. The molecule has 1 saturated heterocycles. The van der Waals surface area contributed by atoms with Crippen LogP contribution in [0.1, 0.15) is 18.4 Å². The second-order valence-electron chi connectivity index (χ2n) is 5.73. The average molecular weight is 265 g/mol. The van der Waals surface area contributed by atoms with Crippen LogP contribution in [0.3, 0.4) is 0 Å². The molecular formula is C15H20FNO2. The molecule has 1 aliphatic carbocycles. The minimum atomic E-state index is -0.286. The van der Waals surface area contributed by atoms with Gasteiger partial charge in [-0.25, -0.2) is 4.39 Å². The molecule has 0 atom stereocenters. The first-order valence-electron chi connectivity index (χ1n) is 6.74. The maximum Gasteiger partial charge on any atom is 0.165 e. The van der Waals surface area contributed by atoms with E-state index in [0.717, 1.165) is 12.1 Å². The van der Waals surface area contributed by atoms with Gasteiger partial charge in [-0.1, -0.05) is 6.07 Å². The smallest absolute Gasteiger partial charge is 0.165 e. The van der Waals surface area contributed by atoms with Crippen LogP contribution in [0.2, 0.25) is 0 Å². The third-order valence-corrected chi connectivity index (χ3v) is 4.79. The fraction of sp³-hybridized carbons (Fsp3) is 0.600. The van der Waals surface area contributed by atoms with Crippen molar-refractivity contribution in [1.29, 1.82) is 0 Å². The molecule has 1 heterocycles. The largest absolute Gasteiger partial charge is 0.494 e. The van der Waals surface area contributed by atoms with Gasteiger partial charge in [-0.3, -0.25) is 0 Å². The Bertz CT molecular complexity index is 481. The van der Waals surface area contributed by atoms with Gasteiger partial charge in [0.15, 0.2) is 11.6 Å². The van der Waals surface area contributed by atoms with Crippen LogP contribution in [-0.4, -0.2) is 33.9 Å². The summed E-state index contributed by atoms with van der Waals surface area (Å²) in [5, 5.41) is 3.28. The maximum absolute atomic E-state index is 14.0. The predicted octanol–water partition coefficient (Wildman–Crippen LogP) is 2.10. The van der Waals surface area contributed by atoms with Gasteiger partial charge in [0.05, 0.1) is 20.3 Å². The maximum atomic E-state index is 14.0. The Kier molecular flexibility index (Phi) is 3.02. The summed E-state index contributed by atoms with van der Waals surface area (Å²) in [5.41, 5.74) is 1.26. The molecule has 2 aliphatic rings. The molecule has 1 aromatic rings. The van der Waals surface area contributed by atoms with Crippen molar-refractivity contribution in [3.05, 3.63) is 29.6 Å². The number of hydrogen-bond donors (Lipinski definition) is 1. The average Bonchev–Trinajstić information content (AvgIpc) is 3.09. The zero-order valence-electron chi connectivity index (χ0n) is 11.5. The van der Waals surface area contributed by atoms with Crippen molar-refractivity contribution in [3.8, 4) is 5.75 Å². The van der Waals surface area contributed by atoms with E-state index in [1.807, 2.05) is 13.1 Å². The second kappa shape index (κ2) is 4.46. The van der Waals surface area contributed by atoms with Crippen molar-refractivity contribution in [2.45, 2.75) is 18.3 Å². The Morgan fingerprint density at radius 1 is 1.37 bits per heavy atom. The molecule has 0 spiro atoms. The molecular weight excluding hydrogens is 245 g/mol. The topological polar surface area (TPSA) is 30.5 Å². The quantitative estimate of drug-likeness (QED) is 0.884. The molecule has 0 bridgehead atoms. The van der Waals surface area contributed by atoms with Crippen molar-refractivity contribution >= 4 is 0 Å². The highest BCUT2D eigenvalue weighted by molar-refractivity contribution is 5.39. The second-order valence-corrected chi connectivity index (χ2v) is 5.73. The van der Waals surface area contributed by atoms with Crippen LogP contribution in [0.4, 0.5) is 4.39 Å². The van der Waals surface area contributed by atoms with Crippen molar-refractivity contribution in [2.24, 2.45) is 5.41 Å². The molecule has 0 amide bonds. The molecule has 3 rings (SSSR count). The van der Waals surface area contributed by atoms with E-state index in [9.17, 15) is 4.39 Å². The van der Waals surface area contributed by atoms with Gasteiger partial charge in [-0.05, 0) is 43.0 Å². The number of rotatable bonds is 5. The van der Waals surface area contributed by atoms with Gasteiger partial charge >= 0.3 is 0 Å². The molecule has 3 nitrogen and oxygen atoms in total. The predicted molar refractivity (Wildman–Crippen MR) is 71.0 cm³/mol. The summed E-state index contributed by atoms with van der Waals surface area (Å²) in [6.45, 7) is 2.35. The number of halogens is 1. The normalized spacial score (nSPS) is 22.7. The summed E-state index contributed by atoms with van der Waals surface area (Å²) in [6.07, 6.45) is 2.37. The van der Waals surface area contributed by atoms with Gasteiger partial charge in [0.25, 0.3) is 0 Å². The Balaban J connectivity index is 1.96. The lowest BCUT2D eigenvalue weighted by Gasteiger charge is -2.48. The Hall–Kier alpha value is -1.13. The van der Waals surface area contributed by atoms with Crippen molar-refractivity contribution in [1.82, 2.24) is 5.32 Å². The Morgan fingerprint density at radius 3 is 2.53 bits per heavy atom. The van der Waals surface area contributed by atoms with E-state index < -0.39 is 0 Å². The lowest BCUT2D eigenvalue weighted by Crippen LogP contribution is -2.56. The number of methoxy groups -OCH3 is 1. The van der Waals surface area contributed by atoms with E-state index in [2.05, 4.69) is 5.32 Å². The molecule has 104 valence electrons. The van der Waals surface area contributed by atoms with Crippen molar-refractivity contribution < 1.29 is 13.9 Å². The van der Waals surface area contributed by atoms with E-state index in [1.165, 1.54) is 20.0 Å². The van der Waals surface area contributed by atoms with Gasteiger partial charge in [-0.2, -0.15) is 0 Å². The van der Waals surface area contributed by atoms with Gasteiger partial charge < -0.3 is 14.8 Å². The minimum Gasteiger partial charge on any atom is -0.494 e. The number of ether oxygens (including phenoxy) is 2. The monoisotopic (exact) mass is 265 g/mol. The molecule has 1 saturated carbocycles. The molecule has 0 radical (unpaired) electrons. The first-order valence-corrected chi connectivity index (χ1v) is 6.74. The van der Waals surface area contributed by atoms with E-state index in [4.69, 9.17) is 9.47 Å². The van der Waals surface area contributed by atoms with Crippen LogP contribution in [-0.2, 0) is 10.2 Å². The molecule has 2 fully saturated rings. The summed E-state index contributed by atoms with van der Waals surface area (Å²) in [5.74, 6) is 0.0177. The highest BCUT2D eigenvalue weighted by atomic mass is 19.1. The molecule has 0 aromatic heterocycles. The van der Waals surface area contributed by atoms with Crippen LogP contribution in [0, 0.1) is 11.2 Å². The number of hydrogen-bond acceptors (Lipinski definition) is 3. The van der Waals surface area contributed by atoms with E-state index in [0.29, 0.717) is 19.0 Å². The SMILES string of the molecule is CNCC1(C2(c3ccc(OC)c(F)c3)COC2)CC1. The lowest BCUT2D eigenvalue weighted by molar-refractivity contribution is -0.0987. The van der Waals surface area contributed by atoms with Crippen LogP contribution in [0.5, 0.6) is 5.75 Å². The van der Waals surface area contributed by atoms with E-state index >= 15 is 0 Å². The fourth-order valence-electron chi connectivity index (χ4n) is 3.36. The Labute approximate surface area is 113 Å². The van der Waals surface area contributed by atoms with Crippen LogP contribution in [0.25, 0.3) is 0 Å². The summed E-state index contributed by atoms with van der Waals surface area (Å²) < 4.78 is 24.4. The van der Waals surface area contributed by atoms with E-state index in [-0.39, 0.29) is 16.6 Å². The molecule has 19 heavy (non-hydrogen) atoms. The first kappa shape index (κ1) is 12.9. The molecule has 4 heteroatoms. The first-order chi connectivity index (χ1) is 9.17. The number of nitrogens with one attached hydrogen (secondary N) is 1. The number of benzene rings is 1. The molecule has 0 unspecified atom stereocenters. The van der Waals surface area contributed by atoms with Gasteiger partial charge in [0.2, 0.25) is 0 Å². The third-order valence-electron chi connectivity index (χ3n) is 4.79. The van der Waals surface area contributed by atoms with Gasteiger partial charge in [0, 0.05) is 12.0 Å². The van der Waals surface area contributed by atoms with Crippen molar-refractivity contribution in [2.75, 3.05) is 33.9 Å². The molecule has 1 aliphatic heterocycles. The Morgan fingerprint density at radius 2 is 2.11 bits per heavy atom. The minimum absolute atomic E-state index is 0.0247. The van der Waals surface area contributed by atoms with Crippen LogP contribution >= 0.6 is 0 Å². The molecule has 1 N–H and O–H groups in total. The zero-order valence-corrected chi connectivity index (χ0v) is 11.5. The van der Waals surface area contributed by atoms with E-state index in [1.54, 1.807) is 12.1 Å². The van der Waals surface area contributed by atoms with Gasteiger partial charge in [-0.15, -0.1) is 0 Å². The fourth-order valence-corrected chi connectivity index (χ4v) is 3.36. The third kappa shape index (κ3) is 1.77. The lowest BCUT2D eigenvalue weighted by atomic mass is 9.66. The van der Waals surface area contributed by atoms with Crippen LogP contribution < -0.4 is 10.1 Å². The molecule has 1 aromatic carbocycles. The van der Waals surface area contributed by atoms with Gasteiger partial charge in [0.1, 0.15) is 0 Å². The highest BCUT2D eigenvalue weighted by Gasteiger charge is 2.63. The summed E-state index contributed by atoms with van der Waals surface area (Å²) >= 11 is 0. The zero-order chi connectivity index (χ0) is 13.5. The van der Waals surface area contributed by atoms with Crippen molar-refractivity contribution in [3.63, 3.8) is 0 Å². The standard InChI is InChI=1S/C15H20FNO2/c1-17-8-14(5-6-14)15(9-19-10-15)11-3-4-13(18-2)12(16)7-11/h3-4,7,17H,5-6,8-10H2,1-2H3.